The molecule has 0 aromatic heterocycles. The highest BCUT2D eigenvalue weighted by Gasteiger charge is 2.23. The quantitative estimate of drug-likeness (QED) is 0.336. The van der Waals surface area contributed by atoms with Crippen molar-refractivity contribution in [2.24, 2.45) is 0 Å². The molecule has 2 nitrogen and oxygen atoms in total. The smallest absolute Gasteiger partial charge is 0.331 e. The lowest BCUT2D eigenvalue weighted by Gasteiger charge is -2.22. The largest absolute Gasteiger partial charge is 0.395 e. The van der Waals surface area contributed by atoms with Crippen LogP contribution >= 0.6 is 0 Å². The van der Waals surface area contributed by atoms with Gasteiger partial charge < -0.3 is 8.85 Å². The summed E-state index contributed by atoms with van der Waals surface area (Å²) in [6.45, 7) is 10.6. The van der Waals surface area contributed by atoms with E-state index in [1.54, 1.807) is 0 Å². The first kappa shape index (κ1) is 18.1. The van der Waals surface area contributed by atoms with Gasteiger partial charge in [0, 0.05) is 13.2 Å². The summed E-state index contributed by atoms with van der Waals surface area (Å²) in [5.41, 5.74) is 0. The Morgan fingerprint density at radius 3 is 1.56 bits per heavy atom. The molecule has 0 bridgehead atoms. The Bertz CT molecular complexity index is 172. The molecule has 0 rings (SSSR count). The lowest BCUT2D eigenvalue weighted by molar-refractivity contribution is 0.173. The van der Waals surface area contributed by atoms with E-state index < -0.39 is 8.56 Å². The van der Waals surface area contributed by atoms with Gasteiger partial charge in [0.25, 0.3) is 0 Å². The molecule has 0 spiro atoms. The van der Waals surface area contributed by atoms with Crippen LogP contribution in [-0.4, -0.2) is 21.8 Å². The van der Waals surface area contributed by atoms with Gasteiger partial charge in [-0.25, -0.2) is 0 Å². The van der Waals surface area contributed by atoms with Crippen LogP contribution in [0.15, 0.2) is 0 Å². The minimum absolute atomic E-state index is 0.879. The fraction of sp³-hybridized carbons (Fsp3) is 1.00. The van der Waals surface area contributed by atoms with Gasteiger partial charge in [-0.05, 0) is 25.9 Å². The van der Waals surface area contributed by atoms with Gasteiger partial charge in [0.15, 0.2) is 0 Å². The zero-order valence-electron chi connectivity index (χ0n) is 13.1. The van der Waals surface area contributed by atoms with Crippen molar-refractivity contribution < 1.29 is 8.85 Å². The molecular weight excluding hydrogens is 240 g/mol. The molecule has 0 saturated heterocycles. The average molecular weight is 275 g/mol. The predicted octanol–water partition coefficient (Wildman–Crippen LogP) is 5.27. The summed E-state index contributed by atoms with van der Waals surface area (Å²) in [7, 11) is -1.83. The lowest BCUT2D eigenvalue weighted by atomic mass is 10.1. The van der Waals surface area contributed by atoms with E-state index in [2.05, 4.69) is 26.9 Å². The second kappa shape index (κ2) is 12.2. The summed E-state index contributed by atoms with van der Waals surface area (Å²) >= 11 is 0. The molecule has 0 heterocycles. The molecule has 0 aromatic rings. The van der Waals surface area contributed by atoms with Crippen LogP contribution in [0.25, 0.3) is 0 Å². The number of unbranched alkanes of at least 4 members (excludes halogenated alkanes) is 7. The zero-order valence-corrected chi connectivity index (χ0v) is 14.1. The molecule has 0 aliphatic rings. The van der Waals surface area contributed by atoms with Crippen LogP contribution in [0.1, 0.15) is 71.6 Å². The first-order valence-electron chi connectivity index (χ1n) is 7.90. The first-order valence-corrected chi connectivity index (χ1v) is 10.7. The standard InChI is InChI=1S/C15H34O2Si/c1-5-7-9-10-11-13-15-17-18(3,4)16-14-12-8-6-2/h5-15H2,1-4H3. The van der Waals surface area contributed by atoms with Gasteiger partial charge in [-0.15, -0.1) is 0 Å². The van der Waals surface area contributed by atoms with Crippen LogP contribution in [0.2, 0.25) is 13.1 Å². The molecule has 0 amide bonds. The maximum absolute atomic E-state index is 5.93. The SMILES string of the molecule is CCCCCCCCO[Si](C)(C)OCCCCC. The monoisotopic (exact) mass is 274 g/mol. The number of rotatable bonds is 13. The Balaban J connectivity index is 3.34. The molecule has 0 fully saturated rings. The molecule has 3 heteroatoms. The van der Waals surface area contributed by atoms with Gasteiger partial charge in [-0.1, -0.05) is 58.8 Å². The van der Waals surface area contributed by atoms with Crippen molar-refractivity contribution in [2.75, 3.05) is 13.2 Å². The van der Waals surface area contributed by atoms with Crippen LogP contribution in [0, 0.1) is 0 Å². The minimum atomic E-state index is -1.83. The highest BCUT2D eigenvalue weighted by Crippen LogP contribution is 2.11. The lowest BCUT2D eigenvalue weighted by Crippen LogP contribution is -2.35. The zero-order chi connectivity index (χ0) is 13.7. The Morgan fingerprint density at radius 2 is 1.00 bits per heavy atom. The highest BCUT2D eigenvalue weighted by molar-refractivity contribution is 6.64. The van der Waals surface area contributed by atoms with Gasteiger partial charge in [-0.2, -0.15) is 0 Å². The molecule has 0 N–H and O–H groups in total. The molecule has 0 aliphatic heterocycles. The van der Waals surface area contributed by atoms with E-state index >= 15 is 0 Å². The van der Waals surface area contributed by atoms with Gasteiger partial charge >= 0.3 is 8.56 Å². The van der Waals surface area contributed by atoms with Crippen LogP contribution in [0.4, 0.5) is 0 Å². The molecule has 0 unspecified atom stereocenters. The number of hydrogen-bond acceptors (Lipinski definition) is 2. The summed E-state index contributed by atoms with van der Waals surface area (Å²) in [5.74, 6) is 0. The van der Waals surface area contributed by atoms with E-state index in [1.165, 1.54) is 57.8 Å². The van der Waals surface area contributed by atoms with E-state index in [9.17, 15) is 0 Å². The fourth-order valence-corrected chi connectivity index (χ4v) is 3.27. The Morgan fingerprint density at radius 1 is 0.611 bits per heavy atom. The highest BCUT2D eigenvalue weighted by atomic mass is 28.4. The molecule has 0 radical (unpaired) electrons. The van der Waals surface area contributed by atoms with Gasteiger partial charge in [-0.3, -0.25) is 0 Å². The normalized spacial score (nSPS) is 12.0. The summed E-state index contributed by atoms with van der Waals surface area (Å²) in [6.07, 6.45) is 11.6. The molecular formula is C15H34O2Si. The molecule has 0 saturated carbocycles. The third kappa shape index (κ3) is 12.6. The van der Waals surface area contributed by atoms with Crippen molar-refractivity contribution in [3.05, 3.63) is 0 Å². The second-order valence-corrected chi connectivity index (χ2v) is 8.95. The van der Waals surface area contributed by atoms with Crippen LogP contribution in [0.5, 0.6) is 0 Å². The number of hydrogen-bond donors (Lipinski definition) is 0. The Hall–Kier alpha value is 0.137. The van der Waals surface area contributed by atoms with Crippen molar-refractivity contribution in [3.8, 4) is 0 Å². The van der Waals surface area contributed by atoms with E-state index in [0.29, 0.717) is 0 Å². The maximum Gasteiger partial charge on any atom is 0.331 e. The third-order valence-corrected chi connectivity index (χ3v) is 4.94. The molecule has 110 valence electrons. The molecule has 18 heavy (non-hydrogen) atoms. The molecule has 0 aliphatic carbocycles. The van der Waals surface area contributed by atoms with E-state index in [-0.39, 0.29) is 0 Å². The van der Waals surface area contributed by atoms with Crippen molar-refractivity contribution in [1.29, 1.82) is 0 Å². The van der Waals surface area contributed by atoms with Gasteiger partial charge in [0.2, 0.25) is 0 Å². The fourth-order valence-electron chi connectivity index (χ4n) is 1.91. The molecule has 0 atom stereocenters. The van der Waals surface area contributed by atoms with Crippen molar-refractivity contribution in [3.63, 3.8) is 0 Å². The summed E-state index contributed by atoms with van der Waals surface area (Å²) in [6, 6.07) is 0. The maximum atomic E-state index is 5.93. The van der Waals surface area contributed by atoms with Crippen molar-refractivity contribution >= 4 is 8.56 Å². The van der Waals surface area contributed by atoms with Crippen LogP contribution < -0.4 is 0 Å². The topological polar surface area (TPSA) is 18.5 Å². The van der Waals surface area contributed by atoms with E-state index in [4.69, 9.17) is 8.85 Å². The minimum Gasteiger partial charge on any atom is -0.395 e. The second-order valence-electron chi connectivity index (χ2n) is 5.57. The molecule has 0 aromatic carbocycles. The average Bonchev–Trinajstić information content (AvgIpc) is 2.34. The van der Waals surface area contributed by atoms with E-state index in [0.717, 1.165) is 13.2 Å². The predicted molar refractivity (Wildman–Crippen MR) is 82.3 cm³/mol. The first-order chi connectivity index (χ1) is 8.62. The van der Waals surface area contributed by atoms with Crippen molar-refractivity contribution in [1.82, 2.24) is 0 Å². The van der Waals surface area contributed by atoms with E-state index in [1.807, 2.05) is 0 Å². The van der Waals surface area contributed by atoms with Gasteiger partial charge in [0.05, 0.1) is 0 Å². The summed E-state index contributed by atoms with van der Waals surface area (Å²) in [5, 5.41) is 0. The summed E-state index contributed by atoms with van der Waals surface area (Å²) < 4.78 is 11.8. The Kier molecular flexibility index (Phi) is 12.3. The third-order valence-electron chi connectivity index (χ3n) is 3.15. The van der Waals surface area contributed by atoms with Gasteiger partial charge in [0.1, 0.15) is 0 Å². The van der Waals surface area contributed by atoms with Crippen LogP contribution in [0.3, 0.4) is 0 Å². The van der Waals surface area contributed by atoms with Crippen LogP contribution in [-0.2, 0) is 8.85 Å². The Labute approximate surface area is 116 Å². The summed E-state index contributed by atoms with van der Waals surface area (Å²) in [4.78, 5) is 0. The van der Waals surface area contributed by atoms with Crippen molar-refractivity contribution in [2.45, 2.75) is 84.7 Å².